The Balaban J connectivity index is 2.50. The van der Waals surface area contributed by atoms with Gasteiger partial charge in [0.2, 0.25) is 5.95 Å². The molecule has 1 aromatic rings. The normalized spacial score (nSPS) is 23.4. The van der Waals surface area contributed by atoms with Gasteiger partial charge in [-0.3, -0.25) is 4.99 Å². The first-order chi connectivity index (χ1) is 7.60. The molecule has 0 aliphatic carbocycles. The van der Waals surface area contributed by atoms with Crippen molar-refractivity contribution >= 4 is 34.8 Å². The summed E-state index contributed by atoms with van der Waals surface area (Å²) in [5.74, 6) is 0.836. The molecular formula is C10H10IN5. The van der Waals surface area contributed by atoms with E-state index in [4.69, 9.17) is 5.73 Å². The molecule has 1 aliphatic heterocycles. The standard InChI is InChI=1S/C10H10IN5/c1-10(4-2-3-5-13-6-10)7-14-8(11)16-9(12)15-7/h2-6H,1H3,(H2,12,14,15,16). The maximum absolute atomic E-state index is 5.61. The summed E-state index contributed by atoms with van der Waals surface area (Å²) >= 11 is 2.02. The Kier molecular flexibility index (Phi) is 2.99. The second-order valence-corrected chi connectivity index (χ2v) is 4.51. The van der Waals surface area contributed by atoms with Crippen LogP contribution >= 0.6 is 22.6 Å². The van der Waals surface area contributed by atoms with E-state index in [0.29, 0.717) is 9.66 Å². The number of anilines is 1. The number of aromatic nitrogens is 3. The first-order valence-electron chi connectivity index (χ1n) is 4.66. The fourth-order valence-electron chi connectivity index (χ4n) is 1.33. The minimum absolute atomic E-state index is 0.231. The van der Waals surface area contributed by atoms with Gasteiger partial charge in [-0.15, -0.1) is 0 Å². The number of nitrogen functional groups attached to an aromatic ring is 1. The Hall–Kier alpha value is -1.31. The first kappa shape index (κ1) is 11.2. The molecule has 2 rings (SSSR count). The topological polar surface area (TPSA) is 77.0 Å². The molecule has 0 amide bonds. The lowest BCUT2D eigenvalue weighted by Gasteiger charge is -2.18. The van der Waals surface area contributed by atoms with E-state index < -0.39 is 5.41 Å². The van der Waals surface area contributed by atoms with E-state index >= 15 is 0 Å². The number of hydrogen-bond donors (Lipinski definition) is 1. The Morgan fingerprint density at radius 2 is 2.06 bits per heavy atom. The number of hydrogen-bond acceptors (Lipinski definition) is 5. The summed E-state index contributed by atoms with van der Waals surface area (Å²) in [4.78, 5) is 16.5. The monoisotopic (exact) mass is 327 g/mol. The molecule has 2 heterocycles. The second-order valence-electron chi connectivity index (χ2n) is 3.55. The summed E-state index contributed by atoms with van der Waals surface area (Å²) in [5.41, 5.74) is 5.17. The Morgan fingerprint density at radius 1 is 1.25 bits per heavy atom. The maximum Gasteiger partial charge on any atom is 0.224 e. The predicted molar refractivity (Wildman–Crippen MR) is 71.1 cm³/mol. The smallest absolute Gasteiger partial charge is 0.224 e. The van der Waals surface area contributed by atoms with Crippen LogP contribution in [0.4, 0.5) is 5.95 Å². The number of halogens is 1. The van der Waals surface area contributed by atoms with Crippen molar-refractivity contribution in [1.82, 2.24) is 15.0 Å². The lowest BCUT2D eigenvalue weighted by molar-refractivity contribution is 0.726. The van der Waals surface area contributed by atoms with Crippen LogP contribution in [0.5, 0.6) is 0 Å². The van der Waals surface area contributed by atoms with Crippen molar-refractivity contribution in [3.8, 4) is 0 Å². The summed E-state index contributed by atoms with van der Waals surface area (Å²) < 4.78 is 0.584. The lowest BCUT2D eigenvalue weighted by atomic mass is 9.91. The van der Waals surface area contributed by atoms with Gasteiger partial charge in [0.05, 0.1) is 5.41 Å². The van der Waals surface area contributed by atoms with Gasteiger partial charge in [0.15, 0.2) is 3.83 Å². The number of nitrogens with two attached hydrogens (primary N) is 1. The molecule has 2 N–H and O–H groups in total. The van der Waals surface area contributed by atoms with Gasteiger partial charge in [-0.25, -0.2) is 4.98 Å². The highest BCUT2D eigenvalue weighted by atomic mass is 127. The van der Waals surface area contributed by atoms with Crippen LogP contribution < -0.4 is 5.73 Å². The molecule has 1 unspecified atom stereocenters. The van der Waals surface area contributed by atoms with Gasteiger partial charge in [-0.2, -0.15) is 9.97 Å². The quantitative estimate of drug-likeness (QED) is 0.793. The molecular weight excluding hydrogens is 317 g/mol. The van der Waals surface area contributed by atoms with E-state index in [2.05, 4.69) is 19.9 Å². The number of allylic oxidation sites excluding steroid dienone is 3. The third kappa shape index (κ3) is 2.26. The molecule has 0 aromatic carbocycles. The molecule has 16 heavy (non-hydrogen) atoms. The van der Waals surface area contributed by atoms with Gasteiger partial charge >= 0.3 is 0 Å². The molecule has 0 bridgehead atoms. The van der Waals surface area contributed by atoms with E-state index in [1.807, 2.05) is 47.7 Å². The van der Waals surface area contributed by atoms with Gasteiger partial charge in [0, 0.05) is 35.0 Å². The molecule has 0 saturated carbocycles. The fourth-order valence-corrected chi connectivity index (χ4v) is 1.81. The molecule has 6 heteroatoms. The zero-order valence-corrected chi connectivity index (χ0v) is 10.8. The SMILES string of the molecule is CC1(c2nc(N)nc(I)n2)C=CC=CN=C1. The molecule has 1 aromatic heterocycles. The first-order valence-corrected chi connectivity index (χ1v) is 5.74. The average Bonchev–Trinajstić information content (AvgIpc) is 2.43. The highest BCUT2D eigenvalue weighted by molar-refractivity contribution is 14.1. The number of nitrogens with zero attached hydrogens (tertiary/aromatic N) is 4. The van der Waals surface area contributed by atoms with Gasteiger partial charge < -0.3 is 5.73 Å². The molecule has 0 fully saturated rings. The minimum Gasteiger partial charge on any atom is -0.368 e. The van der Waals surface area contributed by atoms with Crippen LogP contribution in [0, 0.1) is 3.83 Å². The molecule has 0 radical (unpaired) electrons. The van der Waals surface area contributed by atoms with Gasteiger partial charge in [-0.05, 0) is 13.0 Å². The third-order valence-electron chi connectivity index (χ3n) is 2.18. The van der Waals surface area contributed by atoms with E-state index in [0.717, 1.165) is 0 Å². The maximum atomic E-state index is 5.61. The fraction of sp³-hybridized carbons (Fsp3) is 0.200. The van der Waals surface area contributed by atoms with Crippen LogP contribution in [-0.2, 0) is 5.41 Å². The molecule has 0 saturated heterocycles. The van der Waals surface area contributed by atoms with Crippen LogP contribution in [-0.4, -0.2) is 21.2 Å². The van der Waals surface area contributed by atoms with Crippen molar-refractivity contribution < 1.29 is 0 Å². The van der Waals surface area contributed by atoms with Crippen molar-refractivity contribution in [3.05, 3.63) is 34.1 Å². The summed E-state index contributed by atoms with van der Waals surface area (Å²) in [6.07, 6.45) is 9.26. The largest absolute Gasteiger partial charge is 0.368 e. The van der Waals surface area contributed by atoms with Crippen LogP contribution in [0.1, 0.15) is 12.7 Å². The lowest BCUT2D eigenvalue weighted by Crippen LogP contribution is -2.25. The zero-order chi connectivity index (χ0) is 11.6. The van der Waals surface area contributed by atoms with E-state index in [-0.39, 0.29) is 5.95 Å². The highest BCUT2D eigenvalue weighted by Crippen LogP contribution is 2.22. The van der Waals surface area contributed by atoms with Crippen LogP contribution in [0.15, 0.2) is 29.4 Å². The van der Waals surface area contributed by atoms with Crippen LogP contribution in [0.2, 0.25) is 0 Å². The van der Waals surface area contributed by atoms with E-state index in [1.165, 1.54) is 0 Å². The second kappa shape index (κ2) is 4.28. The van der Waals surface area contributed by atoms with E-state index in [9.17, 15) is 0 Å². The van der Waals surface area contributed by atoms with Crippen molar-refractivity contribution in [2.75, 3.05) is 5.73 Å². The minimum atomic E-state index is -0.444. The molecule has 0 spiro atoms. The Labute approximate surface area is 107 Å². The molecule has 82 valence electrons. The molecule has 5 nitrogen and oxygen atoms in total. The Morgan fingerprint density at radius 3 is 2.81 bits per heavy atom. The van der Waals surface area contributed by atoms with Crippen LogP contribution in [0.3, 0.4) is 0 Å². The highest BCUT2D eigenvalue weighted by Gasteiger charge is 2.26. The summed E-state index contributed by atoms with van der Waals surface area (Å²) in [5, 5.41) is 0. The summed E-state index contributed by atoms with van der Waals surface area (Å²) in [6.45, 7) is 1.98. The Bertz CT molecular complexity index is 456. The summed E-state index contributed by atoms with van der Waals surface area (Å²) in [6, 6.07) is 0. The van der Waals surface area contributed by atoms with Crippen molar-refractivity contribution in [1.29, 1.82) is 0 Å². The molecule has 1 atom stereocenters. The predicted octanol–water partition coefficient (Wildman–Crippen LogP) is 1.47. The van der Waals surface area contributed by atoms with Crippen molar-refractivity contribution in [3.63, 3.8) is 0 Å². The number of aliphatic imine (C=N–C) groups is 1. The van der Waals surface area contributed by atoms with Gasteiger partial charge in [0.25, 0.3) is 0 Å². The van der Waals surface area contributed by atoms with Crippen LogP contribution in [0.25, 0.3) is 0 Å². The average molecular weight is 327 g/mol. The molecule has 1 aliphatic rings. The summed E-state index contributed by atoms with van der Waals surface area (Å²) in [7, 11) is 0. The van der Waals surface area contributed by atoms with Crippen molar-refractivity contribution in [2.24, 2.45) is 4.99 Å². The van der Waals surface area contributed by atoms with Crippen molar-refractivity contribution in [2.45, 2.75) is 12.3 Å². The third-order valence-corrected chi connectivity index (χ3v) is 2.66. The number of rotatable bonds is 1. The van der Waals surface area contributed by atoms with Gasteiger partial charge in [0.1, 0.15) is 5.82 Å². The zero-order valence-electron chi connectivity index (χ0n) is 8.63. The van der Waals surface area contributed by atoms with Gasteiger partial charge in [-0.1, -0.05) is 12.2 Å². The van der Waals surface area contributed by atoms with E-state index in [1.54, 1.807) is 12.4 Å².